The predicted octanol–water partition coefficient (Wildman–Crippen LogP) is 2.75. The normalized spacial score (nSPS) is 17.9. The molecule has 7 nitrogen and oxygen atoms in total. The molecule has 0 aliphatic carbocycles. The van der Waals surface area contributed by atoms with Gasteiger partial charge >= 0.3 is 6.09 Å². The maximum absolute atomic E-state index is 12.9. The first kappa shape index (κ1) is 22.2. The first-order valence-corrected chi connectivity index (χ1v) is 11.6. The Hall–Kier alpha value is -2.09. The molecule has 1 atom stereocenters. The van der Waals surface area contributed by atoms with Crippen molar-refractivity contribution in [2.75, 3.05) is 19.3 Å². The zero-order chi connectivity index (χ0) is 20.9. The van der Waals surface area contributed by atoms with Crippen LogP contribution in [0.15, 0.2) is 24.3 Å². The Balaban J connectivity index is 2.02. The molecule has 0 aromatic heterocycles. The molecule has 1 aliphatic heterocycles. The molecule has 0 radical (unpaired) electrons. The Kier molecular flexibility index (Phi) is 7.09. The zero-order valence-corrected chi connectivity index (χ0v) is 17.8. The molecular weight excluding hydrogens is 380 g/mol. The standard InChI is InChI=1S/C20H30N2O5S/c1-20(2,3)27-19(24)21-13-17-7-5-6-12-22(17)18(23)16-10-8-15(9-11-16)14-28(4,25)26/h8-11,17H,5-7,12-14H2,1-4H3,(H,21,24). The second-order valence-electron chi connectivity index (χ2n) is 8.30. The number of benzene rings is 1. The number of ether oxygens (including phenoxy) is 1. The fraction of sp³-hybridized carbons (Fsp3) is 0.600. The van der Waals surface area contributed by atoms with Crippen molar-refractivity contribution in [3.8, 4) is 0 Å². The minimum atomic E-state index is -3.12. The highest BCUT2D eigenvalue weighted by atomic mass is 32.2. The first-order valence-electron chi connectivity index (χ1n) is 9.49. The number of carbonyl (C=O) groups excluding carboxylic acids is 2. The van der Waals surface area contributed by atoms with Crippen LogP contribution < -0.4 is 5.32 Å². The summed E-state index contributed by atoms with van der Waals surface area (Å²) in [5, 5.41) is 2.76. The Morgan fingerprint density at radius 1 is 1.18 bits per heavy atom. The third-order valence-corrected chi connectivity index (χ3v) is 5.26. The highest BCUT2D eigenvalue weighted by molar-refractivity contribution is 7.89. The van der Waals surface area contributed by atoms with Crippen molar-refractivity contribution in [1.82, 2.24) is 10.2 Å². The van der Waals surface area contributed by atoms with Gasteiger partial charge in [0.05, 0.1) is 5.75 Å². The van der Waals surface area contributed by atoms with E-state index in [-0.39, 0.29) is 17.7 Å². The van der Waals surface area contributed by atoms with Gasteiger partial charge in [-0.3, -0.25) is 4.79 Å². The Morgan fingerprint density at radius 2 is 1.82 bits per heavy atom. The molecule has 1 aromatic rings. The SMILES string of the molecule is CC(C)(C)OC(=O)NCC1CCCCN1C(=O)c1ccc(CS(C)(=O)=O)cc1. The van der Waals surface area contributed by atoms with E-state index in [0.717, 1.165) is 19.3 Å². The first-order chi connectivity index (χ1) is 12.9. The van der Waals surface area contributed by atoms with Gasteiger partial charge in [-0.25, -0.2) is 13.2 Å². The summed E-state index contributed by atoms with van der Waals surface area (Å²) < 4.78 is 28.1. The average Bonchev–Trinajstić information content (AvgIpc) is 2.57. The number of carbonyl (C=O) groups is 2. The number of rotatable bonds is 5. The molecule has 1 heterocycles. The van der Waals surface area contributed by atoms with Crippen molar-refractivity contribution >= 4 is 21.8 Å². The molecule has 2 amide bonds. The molecule has 0 bridgehead atoms. The summed E-state index contributed by atoms with van der Waals surface area (Å²) in [7, 11) is -3.12. The van der Waals surface area contributed by atoms with E-state index < -0.39 is 21.5 Å². The monoisotopic (exact) mass is 410 g/mol. The van der Waals surface area contributed by atoms with E-state index >= 15 is 0 Å². The number of amides is 2. The van der Waals surface area contributed by atoms with Gasteiger partial charge in [0, 0.05) is 31.0 Å². The molecular formula is C20H30N2O5S. The van der Waals surface area contributed by atoms with Gasteiger partial charge < -0.3 is 15.0 Å². The van der Waals surface area contributed by atoms with E-state index in [1.165, 1.54) is 6.26 Å². The predicted molar refractivity (Wildman–Crippen MR) is 108 cm³/mol. The number of hydrogen-bond donors (Lipinski definition) is 1. The van der Waals surface area contributed by atoms with E-state index in [4.69, 9.17) is 4.74 Å². The number of nitrogens with zero attached hydrogens (tertiary/aromatic N) is 1. The summed E-state index contributed by atoms with van der Waals surface area (Å²) in [4.78, 5) is 26.6. The Labute approximate surface area is 167 Å². The molecule has 1 fully saturated rings. The van der Waals surface area contributed by atoms with Gasteiger partial charge in [-0.05, 0) is 57.7 Å². The van der Waals surface area contributed by atoms with Gasteiger partial charge in [0.25, 0.3) is 5.91 Å². The third kappa shape index (κ3) is 7.14. The number of sulfone groups is 1. The van der Waals surface area contributed by atoms with Gasteiger partial charge in [0.2, 0.25) is 0 Å². The van der Waals surface area contributed by atoms with Gasteiger partial charge in [-0.15, -0.1) is 0 Å². The lowest BCUT2D eigenvalue weighted by Gasteiger charge is -2.36. The average molecular weight is 411 g/mol. The molecule has 1 N–H and O–H groups in total. The molecule has 1 saturated heterocycles. The number of piperidine rings is 1. The fourth-order valence-corrected chi connectivity index (χ4v) is 4.01. The van der Waals surface area contributed by atoms with Crippen LogP contribution in [0.4, 0.5) is 4.79 Å². The molecule has 2 rings (SSSR count). The smallest absolute Gasteiger partial charge is 0.407 e. The van der Waals surface area contributed by atoms with Crippen LogP contribution in [0.2, 0.25) is 0 Å². The summed E-state index contributed by atoms with van der Waals surface area (Å²) in [6, 6.07) is 6.58. The van der Waals surface area contributed by atoms with E-state index in [0.29, 0.717) is 24.2 Å². The van der Waals surface area contributed by atoms with Crippen LogP contribution in [0, 0.1) is 0 Å². The van der Waals surface area contributed by atoms with Gasteiger partial charge in [0.15, 0.2) is 9.84 Å². The Morgan fingerprint density at radius 3 is 2.39 bits per heavy atom. The lowest BCUT2D eigenvalue weighted by Crippen LogP contribution is -2.50. The topological polar surface area (TPSA) is 92.8 Å². The van der Waals surface area contributed by atoms with E-state index in [2.05, 4.69) is 5.32 Å². The van der Waals surface area contributed by atoms with Crippen molar-refractivity contribution in [2.24, 2.45) is 0 Å². The zero-order valence-electron chi connectivity index (χ0n) is 17.0. The number of nitrogens with one attached hydrogen (secondary N) is 1. The molecule has 28 heavy (non-hydrogen) atoms. The lowest BCUT2D eigenvalue weighted by molar-refractivity contribution is 0.0462. The van der Waals surface area contributed by atoms with Crippen molar-refractivity contribution in [3.63, 3.8) is 0 Å². The third-order valence-electron chi connectivity index (χ3n) is 4.40. The molecule has 1 aromatic carbocycles. The second kappa shape index (κ2) is 8.94. The number of alkyl carbamates (subject to hydrolysis) is 1. The molecule has 1 aliphatic rings. The molecule has 0 spiro atoms. The highest BCUT2D eigenvalue weighted by Crippen LogP contribution is 2.20. The van der Waals surface area contributed by atoms with Crippen molar-refractivity contribution in [2.45, 2.75) is 57.4 Å². The second-order valence-corrected chi connectivity index (χ2v) is 10.4. The molecule has 8 heteroatoms. The van der Waals surface area contributed by atoms with E-state index in [1.54, 1.807) is 49.9 Å². The highest BCUT2D eigenvalue weighted by Gasteiger charge is 2.28. The largest absolute Gasteiger partial charge is 0.444 e. The molecule has 156 valence electrons. The summed E-state index contributed by atoms with van der Waals surface area (Å²) in [5.41, 5.74) is 0.599. The minimum Gasteiger partial charge on any atom is -0.444 e. The fourth-order valence-electron chi connectivity index (χ4n) is 3.21. The minimum absolute atomic E-state index is 0.0480. The van der Waals surface area contributed by atoms with Crippen LogP contribution >= 0.6 is 0 Å². The summed E-state index contributed by atoms with van der Waals surface area (Å²) in [5.74, 6) is -0.158. The van der Waals surface area contributed by atoms with Crippen LogP contribution in [0.25, 0.3) is 0 Å². The lowest BCUT2D eigenvalue weighted by atomic mass is 10.0. The van der Waals surface area contributed by atoms with Crippen LogP contribution in [0.3, 0.4) is 0 Å². The van der Waals surface area contributed by atoms with Crippen molar-refractivity contribution < 1.29 is 22.7 Å². The van der Waals surface area contributed by atoms with Crippen molar-refractivity contribution in [3.05, 3.63) is 35.4 Å². The van der Waals surface area contributed by atoms with Gasteiger partial charge in [0.1, 0.15) is 5.60 Å². The van der Waals surface area contributed by atoms with Crippen molar-refractivity contribution in [1.29, 1.82) is 0 Å². The Bertz CT molecular complexity index is 797. The number of likely N-dealkylation sites (tertiary alicyclic amines) is 1. The molecule has 1 unspecified atom stereocenters. The quantitative estimate of drug-likeness (QED) is 0.806. The van der Waals surface area contributed by atoms with Gasteiger partial charge in [-0.1, -0.05) is 12.1 Å². The summed E-state index contributed by atoms with van der Waals surface area (Å²) >= 11 is 0. The summed E-state index contributed by atoms with van der Waals surface area (Å²) in [6.45, 7) is 6.38. The maximum atomic E-state index is 12.9. The van der Waals surface area contributed by atoms with Crippen LogP contribution in [0.1, 0.15) is 56.0 Å². The summed E-state index contributed by atoms with van der Waals surface area (Å²) in [6.07, 6.45) is 3.42. The van der Waals surface area contributed by atoms with Gasteiger partial charge in [-0.2, -0.15) is 0 Å². The van der Waals surface area contributed by atoms with E-state index in [1.807, 2.05) is 0 Å². The number of hydrogen-bond acceptors (Lipinski definition) is 5. The van der Waals surface area contributed by atoms with Crippen LogP contribution in [0.5, 0.6) is 0 Å². The maximum Gasteiger partial charge on any atom is 0.407 e. The van der Waals surface area contributed by atoms with Crippen LogP contribution in [-0.2, 0) is 20.3 Å². The molecule has 0 saturated carbocycles. The van der Waals surface area contributed by atoms with E-state index in [9.17, 15) is 18.0 Å². The van der Waals surface area contributed by atoms with Crippen LogP contribution in [-0.4, -0.2) is 56.3 Å².